The standard InChI is InChI=1S/C21H31N3O2/c25-19(12-15-22-20(26)24-18-10-5-2-6-11-18)23-16-21(13-7-14-21)17-8-3-1-4-9-17/h1,3-4,8-9,18H,2,5-7,10-16H2,(H,23,25)(H2,22,24,26). The third kappa shape index (κ3) is 4.99. The molecule has 0 spiro atoms. The molecule has 2 aliphatic carbocycles. The molecule has 5 heteroatoms. The summed E-state index contributed by atoms with van der Waals surface area (Å²) in [6.07, 6.45) is 9.57. The maximum absolute atomic E-state index is 12.1. The van der Waals surface area contributed by atoms with E-state index in [0.717, 1.165) is 25.7 Å². The molecule has 0 saturated heterocycles. The first-order valence-corrected chi connectivity index (χ1v) is 10.0. The van der Waals surface area contributed by atoms with Crippen LogP contribution in [0.3, 0.4) is 0 Å². The molecule has 2 saturated carbocycles. The van der Waals surface area contributed by atoms with Gasteiger partial charge in [-0.3, -0.25) is 4.79 Å². The maximum Gasteiger partial charge on any atom is 0.315 e. The van der Waals surface area contributed by atoms with Crippen LogP contribution < -0.4 is 16.0 Å². The van der Waals surface area contributed by atoms with Crippen LogP contribution in [0.15, 0.2) is 30.3 Å². The van der Waals surface area contributed by atoms with Crippen LogP contribution in [0, 0.1) is 0 Å². The van der Waals surface area contributed by atoms with Gasteiger partial charge >= 0.3 is 6.03 Å². The van der Waals surface area contributed by atoms with Crippen LogP contribution in [0.5, 0.6) is 0 Å². The molecule has 5 nitrogen and oxygen atoms in total. The zero-order valence-electron chi connectivity index (χ0n) is 15.6. The number of carbonyl (C=O) groups is 2. The third-order valence-electron chi connectivity index (χ3n) is 5.90. The van der Waals surface area contributed by atoms with E-state index in [-0.39, 0.29) is 17.4 Å². The maximum atomic E-state index is 12.1. The van der Waals surface area contributed by atoms with Crippen molar-refractivity contribution in [3.63, 3.8) is 0 Å². The Labute approximate surface area is 156 Å². The molecule has 0 radical (unpaired) electrons. The minimum absolute atomic E-state index is 0.00479. The van der Waals surface area contributed by atoms with Crippen LogP contribution in [0.2, 0.25) is 0 Å². The number of benzene rings is 1. The molecule has 3 amide bonds. The summed E-state index contributed by atoms with van der Waals surface area (Å²) in [6, 6.07) is 10.6. The van der Waals surface area contributed by atoms with Gasteiger partial charge in [0.25, 0.3) is 0 Å². The van der Waals surface area contributed by atoms with Crippen LogP contribution in [-0.4, -0.2) is 31.1 Å². The fourth-order valence-corrected chi connectivity index (χ4v) is 4.09. The van der Waals surface area contributed by atoms with Crippen molar-refractivity contribution < 1.29 is 9.59 Å². The van der Waals surface area contributed by atoms with Crippen molar-refractivity contribution in [1.29, 1.82) is 0 Å². The molecule has 0 atom stereocenters. The predicted octanol–water partition coefficient (Wildman–Crippen LogP) is 3.25. The number of urea groups is 1. The van der Waals surface area contributed by atoms with E-state index in [0.29, 0.717) is 25.6 Å². The molecule has 0 unspecified atom stereocenters. The minimum atomic E-state index is -0.149. The van der Waals surface area contributed by atoms with Crippen molar-refractivity contribution in [2.24, 2.45) is 0 Å². The van der Waals surface area contributed by atoms with Gasteiger partial charge in [0.05, 0.1) is 0 Å². The highest BCUT2D eigenvalue weighted by atomic mass is 16.2. The van der Waals surface area contributed by atoms with Gasteiger partial charge in [-0.05, 0) is 31.2 Å². The molecule has 0 bridgehead atoms. The highest BCUT2D eigenvalue weighted by molar-refractivity contribution is 5.78. The lowest BCUT2D eigenvalue weighted by atomic mass is 9.64. The Kier molecular flexibility index (Phi) is 6.53. The first-order chi connectivity index (χ1) is 12.7. The van der Waals surface area contributed by atoms with E-state index >= 15 is 0 Å². The lowest BCUT2D eigenvalue weighted by molar-refractivity contribution is -0.121. The summed E-state index contributed by atoms with van der Waals surface area (Å²) in [7, 11) is 0. The van der Waals surface area contributed by atoms with Crippen LogP contribution in [-0.2, 0) is 10.2 Å². The second kappa shape index (κ2) is 9.06. The van der Waals surface area contributed by atoms with Gasteiger partial charge in [-0.1, -0.05) is 56.0 Å². The SMILES string of the molecule is O=C(CCNC(=O)NC1CCCCC1)NCC1(c2ccccc2)CCC1. The second-order valence-electron chi connectivity index (χ2n) is 7.76. The van der Waals surface area contributed by atoms with Crippen molar-refractivity contribution in [2.75, 3.05) is 13.1 Å². The molecule has 1 aromatic carbocycles. The molecule has 2 fully saturated rings. The van der Waals surface area contributed by atoms with E-state index in [2.05, 4.69) is 40.2 Å². The molecule has 142 valence electrons. The normalized spacial score (nSPS) is 19.2. The zero-order valence-corrected chi connectivity index (χ0v) is 15.6. The van der Waals surface area contributed by atoms with Crippen molar-refractivity contribution >= 4 is 11.9 Å². The van der Waals surface area contributed by atoms with Crippen LogP contribution in [0.25, 0.3) is 0 Å². The molecule has 0 aliphatic heterocycles. The summed E-state index contributed by atoms with van der Waals surface area (Å²) in [5.74, 6) is 0.00479. The lowest BCUT2D eigenvalue weighted by Crippen LogP contribution is -2.46. The smallest absolute Gasteiger partial charge is 0.315 e. The Morgan fingerprint density at radius 2 is 1.69 bits per heavy atom. The highest BCUT2D eigenvalue weighted by Gasteiger charge is 2.38. The van der Waals surface area contributed by atoms with Gasteiger partial charge in [0.15, 0.2) is 0 Å². The van der Waals surface area contributed by atoms with Crippen LogP contribution in [0.1, 0.15) is 63.4 Å². The first kappa shape index (κ1) is 18.7. The predicted molar refractivity (Wildman–Crippen MR) is 103 cm³/mol. The minimum Gasteiger partial charge on any atom is -0.355 e. The molecule has 3 N–H and O–H groups in total. The van der Waals surface area contributed by atoms with E-state index in [1.54, 1.807) is 0 Å². The van der Waals surface area contributed by atoms with Crippen LogP contribution in [0.4, 0.5) is 4.79 Å². The van der Waals surface area contributed by atoms with Gasteiger partial charge in [0, 0.05) is 31.0 Å². The first-order valence-electron chi connectivity index (χ1n) is 10.0. The van der Waals surface area contributed by atoms with Crippen LogP contribution >= 0.6 is 0 Å². The lowest BCUT2D eigenvalue weighted by Gasteiger charge is -2.42. The Hall–Kier alpha value is -2.04. The highest BCUT2D eigenvalue weighted by Crippen LogP contribution is 2.43. The average molecular weight is 357 g/mol. The monoisotopic (exact) mass is 357 g/mol. The van der Waals surface area contributed by atoms with E-state index in [4.69, 9.17) is 0 Å². The molecule has 0 aromatic heterocycles. The number of amides is 3. The Morgan fingerprint density at radius 1 is 0.962 bits per heavy atom. The molecule has 2 aliphatic rings. The van der Waals surface area contributed by atoms with E-state index < -0.39 is 0 Å². The number of carbonyl (C=O) groups excluding carboxylic acids is 2. The fraction of sp³-hybridized carbons (Fsp3) is 0.619. The summed E-state index contributed by atoms with van der Waals surface area (Å²) >= 11 is 0. The summed E-state index contributed by atoms with van der Waals surface area (Å²) in [5.41, 5.74) is 1.42. The third-order valence-corrected chi connectivity index (χ3v) is 5.90. The van der Waals surface area contributed by atoms with Gasteiger partial charge in [0.2, 0.25) is 5.91 Å². The second-order valence-corrected chi connectivity index (χ2v) is 7.76. The molecule has 1 aromatic rings. The van der Waals surface area contributed by atoms with Gasteiger partial charge < -0.3 is 16.0 Å². The molecule has 26 heavy (non-hydrogen) atoms. The average Bonchev–Trinajstić information content (AvgIpc) is 2.62. The van der Waals surface area contributed by atoms with Gasteiger partial charge in [-0.2, -0.15) is 0 Å². The summed E-state index contributed by atoms with van der Waals surface area (Å²) < 4.78 is 0. The molecule has 3 rings (SSSR count). The topological polar surface area (TPSA) is 70.2 Å². The largest absolute Gasteiger partial charge is 0.355 e. The number of nitrogens with one attached hydrogen (secondary N) is 3. The molecular formula is C21H31N3O2. The Balaban J connectivity index is 1.34. The number of rotatable bonds is 7. The number of hydrogen-bond donors (Lipinski definition) is 3. The zero-order chi connectivity index (χ0) is 18.2. The quantitative estimate of drug-likeness (QED) is 0.701. The van der Waals surface area contributed by atoms with E-state index in [9.17, 15) is 9.59 Å². The van der Waals surface area contributed by atoms with E-state index in [1.807, 2.05) is 6.07 Å². The van der Waals surface area contributed by atoms with Crippen molar-refractivity contribution in [3.8, 4) is 0 Å². The van der Waals surface area contributed by atoms with Crippen molar-refractivity contribution in [2.45, 2.75) is 69.2 Å². The Morgan fingerprint density at radius 3 is 2.35 bits per heavy atom. The van der Waals surface area contributed by atoms with E-state index in [1.165, 1.54) is 31.2 Å². The Bertz CT molecular complexity index is 593. The summed E-state index contributed by atoms with van der Waals surface area (Å²) in [5, 5.41) is 8.88. The number of hydrogen-bond acceptors (Lipinski definition) is 2. The summed E-state index contributed by atoms with van der Waals surface area (Å²) in [4.78, 5) is 24.0. The van der Waals surface area contributed by atoms with Gasteiger partial charge in [0.1, 0.15) is 0 Å². The van der Waals surface area contributed by atoms with Gasteiger partial charge in [-0.25, -0.2) is 4.79 Å². The fourth-order valence-electron chi connectivity index (χ4n) is 4.09. The summed E-state index contributed by atoms with van der Waals surface area (Å²) in [6.45, 7) is 1.06. The van der Waals surface area contributed by atoms with Crippen molar-refractivity contribution in [1.82, 2.24) is 16.0 Å². The molecule has 0 heterocycles. The van der Waals surface area contributed by atoms with Crippen molar-refractivity contribution in [3.05, 3.63) is 35.9 Å². The van der Waals surface area contributed by atoms with Gasteiger partial charge in [-0.15, -0.1) is 0 Å². The molecular weight excluding hydrogens is 326 g/mol.